The van der Waals surface area contributed by atoms with Crippen LogP contribution >= 0.6 is 0 Å². The molecule has 0 heterocycles. The number of anilines is 3. The van der Waals surface area contributed by atoms with E-state index in [-0.39, 0.29) is 10.8 Å². The molecule has 288 valence electrons. The minimum Gasteiger partial charge on any atom is -0.310 e. The lowest BCUT2D eigenvalue weighted by Gasteiger charge is -2.57. The molecule has 0 radical (unpaired) electrons. The van der Waals surface area contributed by atoms with E-state index in [0.717, 1.165) is 35.5 Å². The van der Waals surface area contributed by atoms with Crippen molar-refractivity contribution < 1.29 is 0 Å². The highest BCUT2D eigenvalue weighted by atomic mass is 15.1. The van der Waals surface area contributed by atoms with Gasteiger partial charge in [-0.25, -0.2) is 0 Å². The zero-order chi connectivity index (χ0) is 38.1. The SMILES string of the molecule is CC1(C)c2ccccc2-c2cc3c(cc21)C(C)(C)c1cc(N(c2ccc(C45CC6CC(CC(C6)C4)C5)cc2)c2ccc(C45CC6CC(CC(C6)C4)C5)cc2)ccc1-3. The van der Waals surface area contributed by atoms with Gasteiger partial charge in [0.2, 0.25) is 0 Å². The van der Waals surface area contributed by atoms with Crippen molar-refractivity contribution in [2.24, 2.45) is 35.5 Å². The summed E-state index contributed by atoms with van der Waals surface area (Å²) < 4.78 is 0. The Morgan fingerprint density at radius 1 is 0.368 bits per heavy atom. The average Bonchev–Trinajstić information content (AvgIpc) is 3.55. The van der Waals surface area contributed by atoms with Gasteiger partial charge in [0.15, 0.2) is 0 Å². The van der Waals surface area contributed by atoms with E-state index < -0.39 is 0 Å². The first kappa shape index (κ1) is 33.8. The zero-order valence-electron chi connectivity index (χ0n) is 34.7. The van der Waals surface area contributed by atoms with Gasteiger partial charge in [-0.2, -0.15) is 0 Å². The van der Waals surface area contributed by atoms with Crippen molar-refractivity contribution in [2.75, 3.05) is 4.90 Å². The van der Waals surface area contributed by atoms with E-state index in [2.05, 4.69) is 136 Å². The van der Waals surface area contributed by atoms with Crippen LogP contribution in [0.15, 0.2) is 103 Å². The third-order valence-electron chi connectivity index (χ3n) is 18.2. The van der Waals surface area contributed by atoms with Crippen molar-refractivity contribution >= 4 is 17.1 Å². The summed E-state index contributed by atoms with van der Waals surface area (Å²) in [5.74, 6) is 5.75. The van der Waals surface area contributed by atoms with Crippen LogP contribution < -0.4 is 4.90 Å². The summed E-state index contributed by atoms with van der Waals surface area (Å²) >= 11 is 0. The molecule has 0 N–H and O–H groups in total. The van der Waals surface area contributed by atoms with Gasteiger partial charge in [-0.1, -0.05) is 88.4 Å². The van der Waals surface area contributed by atoms with Crippen LogP contribution in [0.4, 0.5) is 17.1 Å². The first-order valence-electron chi connectivity index (χ1n) is 23.0. The van der Waals surface area contributed by atoms with Crippen molar-refractivity contribution in [1.29, 1.82) is 0 Å². The van der Waals surface area contributed by atoms with E-state index in [1.807, 2.05) is 0 Å². The van der Waals surface area contributed by atoms with Crippen LogP contribution in [0.25, 0.3) is 22.3 Å². The molecule has 0 spiro atoms. The molecule has 8 saturated carbocycles. The molecule has 10 aliphatic carbocycles. The van der Waals surface area contributed by atoms with Gasteiger partial charge in [0.05, 0.1) is 0 Å². The number of hydrogen-bond acceptors (Lipinski definition) is 1. The van der Waals surface area contributed by atoms with Crippen LogP contribution in [0.2, 0.25) is 0 Å². The molecule has 15 rings (SSSR count). The minimum atomic E-state index is -0.100. The van der Waals surface area contributed by atoms with Crippen LogP contribution in [-0.4, -0.2) is 0 Å². The van der Waals surface area contributed by atoms with Crippen molar-refractivity contribution in [1.82, 2.24) is 0 Å². The molecule has 57 heavy (non-hydrogen) atoms. The Kier molecular flexibility index (Phi) is 6.73. The average molecular weight is 746 g/mol. The van der Waals surface area contributed by atoms with Crippen molar-refractivity contribution in [3.05, 3.63) is 137 Å². The number of rotatable bonds is 5. The van der Waals surface area contributed by atoms with E-state index >= 15 is 0 Å². The standard InChI is InChI=1S/C56H59N/c1-53(2)49-8-6-5-7-45(49)47-26-48-46-18-17-44(25-50(46)54(3,4)52(48)27-51(47)53)57(42-13-9-40(10-14-42)55-28-34-19-35(29-55)21-36(20-34)30-55)43-15-11-41(12-16-43)56-31-37-22-38(32-56)24-39(23-37)33-56/h5-18,25-27,34-39H,19-24,28-33H2,1-4H3. The van der Waals surface area contributed by atoms with E-state index in [4.69, 9.17) is 0 Å². The molecule has 0 aliphatic heterocycles. The zero-order valence-corrected chi connectivity index (χ0v) is 34.7. The highest BCUT2D eigenvalue weighted by Crippen LogP contribution is 2.63. The lowest BCUT2D eigenvalue weighted by Crippen LogP contribution is -2.48. The molecule has 0 aromatic heterocycles. The van der Waals surface area contributed by atoms with Gasteiger partial charge in [0, 0.05) is 27.9 Å². The highest BCUT2D eigenvalue weighted by Gasteiger charge is 2.53. The smallest absolute Gasteiger partial charge is 0.0465 e. The molecule has 1 heteroatoms. The van der Waals surface area contributed by atoms with Gasteiger partial charge in [-0.3, -0.25) is 0 Å². The monoisotopic (exact) mass is 745 g/mol. The molecule has 5 aromatic rings. The Morgan fingerprint density at radius 3 is 1.23 bits per heavy atom. The summed E-state index contributed by atoms with van der Waals surface area (Å²) in [5.41, 5.74) is 19.3. The summed E-state index contributed by atoms with van der Waals surface area (Å²) in [6.45, 7) is 9.76. The first-order valence-corrected chi connectivity index (χ1v) is 23.0. The lowest BCUT2D eigenvalue weighted by atomic mass is 9.48. The van der Waals surface area contributed by atoms with E-state index in [1.54, 1.807) is 11.1 Å². The van der Waals surface area contributed by atoms with Crippen LogP contribution in [0, 0.1) is 35.5 Å². The van der Waals surface area contributed by atoms with Crippen molar-refractivity contribution in [3.8, 4) is 22.3 Å². The third-order valence-corrected chi connectivity index (χ3v) is 18.2. The van der Waals surface area contributed by atoms with Gasteiger partial charge in [-0.05, 0) is 221 Å². The molecule has 0 amide bonds. The van der Waals surface area contributed by atoms with E-state index in [1.165, 1.54) is 139 Å². The predicted octanol–water partition coefficient (Wildman–Crippen LogP) is 14.7. The lowest BCUT2D eigenvalue weighted by molar-refractivity contribution is -0.00529. The highest BCUT2D eigenvalue weighted by molar-refractivity contribution is 5.91. The molecule has 1 nitrogen and oxygen atoms in total. The third kappa shape index (κ3) is 4.70. The fourth-order valence-electron chi connectivity index (χ4n) is 16.4. The molecule has 8 bridgehead atoms. The second kappa shape index (κ2) is 11.3. The van der Waals surface area contributed by atoms with Crippen LogP contribution in [0.3, 0.4) is 0 Å². The molecule has 0 atom stereocenters. The van der Waals surface area contributed by atoms with Crippen molar-refractivity contribution in [3.63, 3.8) is 0 Å². The quantitative estimate of drug-likeness (QED) is 0.173. The van der Waals surface area contributed by atoms with E-state index in [0.29, 0.717) is 10.8 Å². The van der Waals surface area contributed by atoms with Gasteiger partial charge < -0.3 is 4.90 Å². The Balaban J connectivity index is 0.911. The number of fused-ring (bicyclic) bond motifs is 6. The van der Waals surface area contributed by atoms with Crippen LogP contribution in [0.1, 0.15) is 138 Å². The molecule has 0 unspecified atom stereocenters. The predicted molar refractivity (Wildman–Crippen MR) is 236 cm³/mol. The van der Waals surface area contributed by atoms with Crippen molar-refractivity contribution in [2.45, 2.75) is 126 Å². The first-order chi connectivity index (χ1) is 27.6. The summed E-state index contributed by atoms with van der Waals surface area (Å²) in [7, 11) is 0. The minimum absolute atomic E-state index is 0.00154. The maximum Gasteiger partial charge on any atom is 0.0465 e. The summed E-state index contributed by atoms with van der Waals surface area (Å²) in [6, 6.07) is 41.8. The van der Waals surface area contributed by atoms with Crippen LogP contribution in [-0.2, 0) is 21.7 Å². The van der Waals surface area contributed by atoms with Gasteiger partial charge >= 0.3 is 0 Å². The summed E-state index contributed by atoms with van der Waals surface area (Å²) in [5, 5.41) is 0. The number of hydrogen-bond donors (Lipinski definition) is 0. The molecule has 0 saturated heterocycles. The summed E-state index contributed by atoms with van der Waals surface area (Å²) in [6.07, 6.45) is 17.5. The van der Waals surface area contributed by atoms with Gasteiger partial charge in [-0.15, -0.1) is 0 Å². The molecule has 10 aliphatic rings. The largest absolute Gasteiger partial charge is 0.310 e. The maximum atomic E-state index is 2.59. The second-order valence-electron chi connectivity index (χ2n) is 22.3. The van der Waals surface area contributed by atoms with Crippen LogP contribution in [0.5, 0.6) is 0 Å². The molecular formula is C56H59N. The summed E-state index contributed by atoms with van der Waals surface area (Å²) in [4.78, 5) is 2.59. The number of nitrogens with zero attached hydrogens (tertiary/aromatic N) is 1. The molecular weight excluding hydrogens is 687 g/mol. The Hall–Kier alpha value is -4.10. The molecule has 8 fully saturated rings. The normalized spacial score (nSPS) is 33.5. The fraction of sp³-hybridized carbons (Fsp3) is 0.464. The second-order valence-corrected chi connectivity index (χ2v) is 22.3. The molecule has 5 aromatic carbocycles. The maximum absolute atomic E-state index is 2.59. The fourth-order valence-corrected chi connectivity index (χ4v) is 16.4. The Bertz CT molecular complexity index is 2320. The topological polar surface area (TPSA) is 3.24 Å². The number of benzene rings is 5. The van der Waals surface area contributed by atoms with Gasteiger partial charge in [0.25, 0.3) is 0 Å². The Morgan fingerprint density at radius 2 is 0.754 bits per heavy atom. The van der Waals surface area contributed by atoms with E-state index in [9.17, 15) is 0 Å². The Labute approximate surface area is 341 Å². The van der Waals surface area contributed by atoms with Gasteiger partial charge in [0.1, 0.15) is 0 Å².